The number of benzene rings is 2. The van der Waals surface area contributed by atoms with Crippen molar-refractivity contribution < 1.29 is 9.66 Å². The lowest BCUT2D eigenvalue weighted by atomic mass is 10.1. The van der Waals surface area contributed by atoms with Gasteiger partial charge in [-0.3, -0.25) is 20.5 Å². The third-order valence-electron chi connectivity index (χ3n) is 3.32. The van der Waals surface area contributed by atoms with E-state index in [1.807, 2.05) is 0 Å². The summed E-state index contributed by atoms with van der Waals surface area (Å²) in [7, 11) is 1.58. The molecule has 2 aromatic rings. The number of rotatable bonds is 6. The molecule has 0 heterocycles. The van der Waals surface area contributed by atoms with Crippen LogP contribution in [-0.4, -0.2) is 24.6 Å². The van der Waals surface area contributed by atoms with E-state index < -0.39 is 4.92 Å². The van der Waals surface area contributed by atoms with Crippen LogP contribution < -0.4 is 11.2 Å². The number of nitrogens with zero attached hydrogens (tertiary/aromatic N) is 3. The molecule has 0 atom stereocenters. The molecule has 0 bridgehead atoms. The summed E-state index contributed by atoms with van der Waals surface area (Å²) < 4.78 is 5.72. The summed E-state index contributed by atoms with van der Waals surface area (Å²) in [4.78, 5) is 14.3. The van der Waals surface area contributed by atoms with E-state index >= 15 is 0 Å². The minimum absolute atomic E-state index is 0.00731. The largest absolute Gasteiger partial charge is 0.439 e. The molecule has 0 radical (unpaired) electrons. The number of hydrazone groups is 1. The van der Waals surface area contributed by atoms with Crippen molar-refractivity contribution in [3.63, 3.8) is 0 Å². The van der Waals surface area contributed by atoms with Crippen LogP contribution in [0.1, 0.15) is 11.1 Å². The minimum atomic E-state index is -0.469. The molecule has 0 saturated heterocycles. The number of nitro benzene ring substituents is 1. The zero-order valence-electron chi connectivity index (χ0n) is 13.6. The molecule has 0 spiro atoms. The molecular formula is C17H17N5O3. The van der Waals surface area contributed by atoms with Gasteiger partial charge in [-0.25, -0.2) is 0 Å². The standard InChI is InChI=1S/C17H17N5O3/c1-11(12-4-7-14(8-5-12)22(23)24)25-17(19-2)13-6-9-15(18)16(10-13)21-20-3/h4-10,21H,1,3,18H2,2H3. The fourth-order valence-electron chi connectivity index (χ4n) is 2.05. The van der Waals surface area contributed by atoms with Crippen LogP contribution in [-0.2, 0) is 4.74 Å². The SMILES string of the molecule is C=NNc1cc(C(=NC)OC(=C)c2ccc([N+](=O)[O-])cc2)ccc1N. The zero-order chi connectivity index (χ0) is 18.4. The molecule has 0 aliphatic carbocycles. The molecule has 0 saturated carbocycles. The van der Waals surface area contributed by atoms with Gasteiger partial charge in [0.25, 0.3) is 5.69 Å². The molecule has 8 heteroatoms. The number of aliphatic imine (C=N–C) groups is 1. The summed E-state index contributed by atoms with van der Waals surface area (Å²) in [6.45, 7) is 7.21. The number of anilines is 2. The van der Waals surface area contributed by atoms with Crippen LogP contribution in [0.15, 0.2) is 59.1 Å². The normalized spacial score (nSPS) is 10.8. The van der Waals surface area contributed by atoms with Crippen LogP contribution in [0.3, 0.4) is 0 Å². The first-order valence-electron chi connectivity index (χ1n) is 7.16. The number of nitrogens with two attached hydrogens (primary N) is 1. The second kappa shape index (κ2) is 7.73. The van der Waals surface area contributed by atoms with E-state index in [0.29, 0.717) is 34.2 Å². The summed E-state index contributed by atoms with van der Waals surface area (Å²) in [5, 5.41) is 14.3. The Hall–Kier alpha value is -3.68. The number of nitro groups is 1. The van der Waals surface area contributed by atoms with Crippen LogP contribution in [0.5, 0.6) is 0 Å². The van der Waals surface area contributed by atoms with E-state index in [4.69, 9.17) is 10.5 Å². The molecule has 0 aliphatic rings. The minimum Gasteiger partial charge on any atom is -0.439 e. The third kappa shape index (κ3) is 4.20. The molecule has 0 unspecified atom stereocenters. The maximum Gasteiger partial charge on any atom is 0.269 e. The Morgan fingerprint density at radius 1 is 1.24 bits per heavy atom. The second-order valence-corrected chi connectivity index (χ2v) is 4.93. The summed E-state index contributed by atoms with van der Waals surface area (Å²) in [6.07, 6.45) is 0. The van der Waals surface area contributed by atoms with Gasteiger partial charge in [-0.2, -0.15) is 5.10 Å². The van der Waals surface area contributed by atoms with Crippen molar-refractivity contribution in [2.24, 2.45) is 10.1 Å². The van der Waals surface area contributed by atoms with Crippen LogP contribution in [0.25, 0.3) is 5.76 Å². The molecule has 2 aromatic carbocycles. The summed E-state index contributed by atoms with van der Waals surface area (Å²) >= 11 is 0. The van der Waals surface area contributed by atoms with E-state index in [-0.39, 0.29) is 5.69 Å². The molecule has 0 aromatic heterocycles. The van der Waals surface area contributed by atoms with Crippen molar-refractivity contribution >= 4 is 35.4 Å². The topological polar surface area (TPSA) is 115 Å². The Morgan fingerprint density at radius 2 is 1.88 bits per heavy atom. The highest BCUT2D eigenvalue weighted by molar-refractivity contribution is 5.98. The smallest absolute Gasteiger partial charge is 0.269 e. The number of ether oxygens (including phenoxy) is 1. The highest BCUT2D eigenvalue weighted by Gasteiger charge is 2.12. The monoisotopic (exact) mass is 339 g/mol. The van der Waals surface area contributed by atoms with Crippen molar-refractivity contribution in [2.75, 3.05) is 18.2 Å². The highest BCUT2D eigenvalue weighted by Crippen LogP contribution is 2.23. The van der Waals surface area contributed by atoms with Gasteiger partial charge in [0.1, 0.15) is 5.76 Å². The first-order chi connectivity index (χ1) is 12.0. The molecule has 0 aliphatic heterocycles. The van der Waals surface area contributed by atoms with E-state index in [1.165, 1.54) is 12.1 Å². The van der Waals surface area contributed by atoms with E-state index in [0.717, 1.165) is 0 Å². The predicted octanol–water partition coefficient (Wildman–Crippen LogP) is 3.27. The lowest BCUT2D eigenvalue weighted by molar-refractivity contribution is -0.384. The van der Waals surface area contributed by atoms with Gasteiger partial charge < -0.3 is 10.5 Å². The Balaban J connectivity index is 2.22. The fraction of sp³-hybridized carbons (Fsp3) is 0.0588. The quantitative estimate of drug-likeness (QED) is 0.209. The fourth-order valence-corrected chi connectivity index (χ4v) is 2.05. The van der Waals surface area contributed by atoms with Gasteiger partial charge in [0.2, 0.25) is 5.90 Å². The summed E-state index contributed by atoms with van der Waals surface area (Å²) in [6, 6.07) is 11.0. The average Bonchev–Trinajstić information content (AvgIpc) is 2.61. The number of non-ortho nitro benzene ring substituents is 1. The molecular weight excluding hydrogens is 322 g/mol. The van der Waals surface area contributed by atoms with Crippen LogP contribution in [0, 0.1) is 10.1 Å². The van der Waals surface area contributed by atoms with Gasteiger partial charge in [-0.05, 0) is 30.3 Å². The highest BCUT2D eigenvalue weighted by atomic mass is 16.6. The average molecular weight is 339 g/mol. The van der Waals surface area contributed by atoms with Gasteiger partial charge in [0.15, 0.2) is 0 Å². The summed E-state index contributed by atoms with van der Waals surface area (Å²) in [5.41, 5.74) is 10.9. The predicted molar refractivity (Wildman–Crippen MR) is 99.7 cm³/mol. The van der Waals surface area contributed by atoms with Gasteiger partial charge in [-0.1, -0.05) is 6.58 Å². The van der Waals surface area contributed by atoms with Crippen molar-refractivity contribution in [1.82, 2.24) is 0 Å². The Labute approximate surface area is 144 Å². The Bertz CT molecular complexity index is 844. The molecule has 0 amide bonds. The molecule has 25 heavy (non-hydrogen) atoms. The van der Waals surface area contributed by atoms with E-state index in [2.05, 4.69) is 28.8 Å². The molecule has 8 nitrogen and oxygen atoms in total. The molecule has 0 fully saturated rings. The van der Waals surface area contributed by atoms with E-state index in [9.17, 15) is 10.1 Å². The number of nitrogen functional groups attached to an aromatic ring is 1. The lowest BCUT2D eigenvalue weighted by Crippen LogP contribution is -2.07. The maximum atomic E-state index is 10.7. The van der Waals surface area contributed by atoms with Gasteiger partial charge >= 0.3 is 0 Å². The van der Waals surface area contributed by atoms with Crippen LogP contribution in [0.2, 0.25) is 0 Å². The van der Waals surface area contributed by atoms with Crippen molar-refractivity contribution in [3.05, 3.63) is 70.3 Å². The van der Waals surface area contributed by atoms with Crippen molar-refractivity contribution in [3.8, 4) is 0 Å². The zero-order valence-corrected chi connectivity index (χ0v) is 13.6. The summed E-state index contributed by atoms with van der Waals surface area (Å²) in [5.74, 6) is 0.624. The van der Waals surface area contributed by atoms with Crippen molar-refractivity contribution in [1.29, 1.82) is 0 Å². The second-order valence-electron chi connectivity index (χ2n) is 4.93. The van der Waals surface area contributed by atoms with Crippen molar-refractivity contribution in [2.45, 2.75) is 0 Å². The third-order valence-corrected chi connectivity index (χ3v) is 3.32. The maximum absolute atomic E-state index is 10.7. The molecule has 3 N–H and O–H groups in total. The Morgan fingerprint density at radius 3 is 2.44 bits per heavy atom. The van der Waals surface area contributed by atoms with Crippen LogP contribution >= 0.6 is 0 Å². The first kappa shape index (κ1) is 17.7. The molecule has 128 valence electrons. The first-order valence-corrected chi connectivity index (χ1v) is 7.16. The van der Waals surface area contributed by atoms with Gasteiger partial charge in [-0.15, -0.1) is 0 Å². The van der Waals surface area contributed by atoms with Crippen LogP contribution in [0.4, 0.5) is 17.1 Å². The lowest BCUT2D eigenvalue weighted by Gasteiger charge is -2.13. The molecule has 2 rings (SSSR count). The number of hydrogen-bond acceptors (Lipinski definition) is 7. The van der Waals surface area contributed by atoms with Gasteiger partial charge in [0, 0.05) is 37.0 Å². The number of nitrogens with one attached hydrogen (secondary N) is 1. The number of hydrogen-bond donors (Lipinski definition) is 2. The van der Waals surface area contributed by atoms with E-state index in [1.54, 1.807) is 37.4 Å². The Kier molecular flexibility index (Phi) is 5.47. The van der Waals surface area contributed by atoms with Gasteiger partial charge in [0.05, 0.1) is 16.3 Å².